The smallest absolute Gasteiger partial charge is 0.462 e. The molecule has 0 heterocycles. The van der Waals surface area contributed by atoms with E-state index in [2.05, 4.69) is 34.6 Å². The van der Waals surface area contributed by atoms with Crippen molar-refractivity contribution in [3.63, 3.8) is 0 Å². The molecule has 3 N–H and O–H groups in total. The first-order valence-electron chi connectivity index (χ1n) is 36.6. The van der Waals surface area contributed by atoms with E-state index < -0.39 is 97.5 Å². The van der Waals surface area contributed by atoms with Crippen molar-refractivity contribution in [1.82, 2.24) is 0 Å². The SMILES string of the molecule is CCCCCCCCCCCCCC(=O)OC[C@H](COP(=O)(O)OC[C@@H](O)COP(=O)(O)OC[C@@H](COC(=O)CCCCCCCCCCC)OC(=O)CCCCCCCCCCCC)OC(=O)CCCCCCCCCCCCCCCCCCC(C)C. The normalized spacial score (nSPS) is 14.1. The number of carbonyl (C=O) groups is 4. The lowest BCUT2D eigenvalue weighted by Gasteiger charge is -2.21. The third kappa shape index (κ3) is 64.6. The Kier molecular flexibility index (Phi) is 62.1. The van der Waals surface area contributed by atoms with E-state index in [-0.39, 0.29) is 25.7 Å². The van der Waals surface area contributed by atoms with Gasteiger partial charge in [0.1, 0.15) is 19.3 Å². The molecule has 0 amide bonds. The Morgan fingerprint density at radius 3 is 0.764 bits per heavy atom. The summed E-state index contributed by atoms with van der Waals surface area (Å²) in [5.41, 5.74) is 0. The highest BCUT2D eigenvalue weighted by Crippen LogP contribution is 2.45. The second kappa shape index (κ2) is 63.5. The zero-order valence-electron chi connectivity index (χ0n) is 57.6. The predicted octanol–water partition coefficient (Wildman–Crippen LogP) is 20.1. The van der Waals surface area contributed by atoms with E-state index in [4.69, 9.17) is 37.0 Å². The van der Waals surface area contributed by atoms with Crippen molar-refractivity contribution in [2.45, 2.75) is 380 Å². The predicted molar refractivity (Wildman–Crippen MR) is 358 cm³/mol. The Hall–Kier alpha value is -1.94. The second-order valence-corrected chi connectivity index (χ2v) is 28.7. The zero-order chi connectivity index (χ0) is 65.6. The van der Waals surface area contributed by atoms with Crippen molar-refractivity contribution in [2.24, 2.45) is 5.92 Å². The van der Waals surface area contributed by atoms with E-state index in [1.54, 1.807) is 0 Å². The van der Waals surface area contributed by atoms with E-state index >= 15 is 0 Å². The fraction of sp³-hybridized carbons (Fsp3) is 0.943. The van der Waals surface area contributed by atoms with E-state index in [9.17, 15) is 43.2 Å². The number of hydrogen-bond donors (Lipinski definition) is 3. The summed E-state index contributed by atoms with van der Waals surface area (Å²) in [6.45, 7) is 7.25. The Labute approximate surface area is 543 Å². The molecule has 0 saturated heterocycles. The summed E-state index contributed by atoms with van der Waals surface area (Å²) in [6.07, 6.45) is 49.9. The first-order valence-corrected chi connectivity index (χ1v) is 39.6. The van der Waals surface area contributed by atoms with Crippen molar-refractivity contribution in [1.29, 1.82) is 0 Å². The van der Waals surface area contributed by atoms with Crippen molar-refractivity contribution < 1.29 is 80.2 Å². The van der Waals surface area contributed by atoms with Gasteiger partial charge in [-0.15, -0.1) is 0 Å². The molecule has 0 radical (unpaired) electrons. The fourth-order valence-electron chi connectivity index (χ4n) is 10.6. The van der Waals surface area contributed by atoms with Gasteiger partial charge in [0.15, 0.2) is 12.2 Å². The van der Waals surface area contributed by atoms with Gasteiger partial charge < -0.3 is 33.8 Å². The Morgan fingerprint density at radius 2 is 0.517 bits per heavy atom. The molecule has 0 aromatic rings. The van der Waals surface area contributed by atoms with Crippen molar-refractivity contribution >= 4 is 39.5 Å². The second-order valence-electron chi connectivity index (χ2n) is 25.7. The quantitative estimate of drug-likeness (QED) is 0.0222. The van der Waals surface area contributed by atoms with Crippen LogP contribution in [-0.4, -0.2) is 96.7 Å². The molecule has 0 aromatic carbocycles. The number of aliphatic hydroxyl groups excluding tert-OH is 1. The average Bonchev–Trinajstić information content (AvgIpc) is 3.66. The highest BCUT2D eigenvalue weighted by molar-refractivity contribution is 7.47. The summed E-state index contributed by atoms with van der Waals surface area (Å²) in [7, 11) is -9.89. The molecule has 528 valence electrons. The standard InChI is InChI=1S/C70H136O17P2/c1-6-9-12-15-18-21-29-35-39-44-49-54-68(73)81-60-66(87-70(75)56-51-46-41-36-31-28-26-24-23-25-27-30-33-37-42-47-52-63(4)5)62-85-89(78,79)83-58-64(71)57-82-88(76,77)84-61-65(59-80-67(72)53-48-43-38-32-20-17-14-11-8-3)86-69(74)55-50-45-40-34-22-19-16-13-10-7-2/h63-66,71H,6-62H2,1-5H3,(H,76,77)(H,78,79)/t64-,65+,66+/m0/s1. The summed E-state index contributed by atoms with van der Waals surface area (Å²) in [6, 6.07) is 0. The molecule has 2 unspecified atom stereocenters. The summed E-state index contributed by atoms with van der Waals surface area (Å²) < 4.78 is 68.2. The van der Waals surface area contributed by atoms with Gasteiger partial charge in [-0.1, -0.05) is 311 Å². The van der Waals surface area contributed by atoms with Crippen LogP contribution in [0.3, 0.4) is 0 Å². The van der Waals surface area contributed by atoms with Crippen LogP contribution < -0.4 is 0 Å². The maximum Gasteiger partial charge on any atom is 0.472 e. The lowest BCUT2D eigenvalue weighted by molar-refractivity contribution is -0.161. The maximum atomic E-state index is 13.0. The molecule has 5 atom stereocenters. The van der Waals surface area contributed by atoms with Gasteiger partial charge in [-0.3, -0.25) is 37.3 Å². The largest absolute Gasteiger partial charge is 0.472 e. The van der Waals surface area contributed by atoms with Crippen LogP contribution in [0.2, 0.25) is 0 Å². The summed E-state index contributed by atoms with van der Waals surface area (Å²) >= 11 is 0. The molecule has 0 fully saturated rings. The highest BCUT2D eigenvalue weighted by atomic mass is 31.2. The van der Waals surface area contributed by atoms with Crippen LogP contribution in [0.4, 0.5) is 0 Å². The molecule has 89 heavy (non-hydrogen) atoms. The molecule has 0 aliphatic heterocycles. The lowest BCUT2D eigenvalue weighted by atomic mass is 10.0. The van der Waals surface area contributed by atoms with Gasteiger partial charge in [-0.2, -0.15) is 0 Å². The summed E-state index contributed by atoms with van der Waals surface area (Å²) in [5.74, 6) is -1.31. The van der Waals surface area contributed by atoms with Crippen molar-refractivity contribution in [2.75, 3.05) is 39.6 Å². The lowest BCUT2D eigenvalue weighted by Crippen LogP contribution is -2.30. The Balaban J connectivity index is 5.18. The van der Waals surface area contributed by atoms with Gasteiger partial charge >= 0.3 is 39.5 Å². The molecule has 17 nitrogen and oxygen atoms in total. The van der Waals surface area contributed by atoms with E-state index in [1.165, 1.54) is 186 Å². The van der Waals surface area contributed by atoms with Crippen LogP contribution in [0.5, 0.6) is 0 Å². The van der Waals surface area contributed by atoms with Crippen molar-refractivity contribution in [3.8, 4) is 0 Å². The van der Waals surface area contributed by atoms with Gasteiger partial charge in [0.05, 0.1) is 26.4 Å². The minimum atomic E-state index is -4.95. The number of hydrogen-bond acceptors (Lipinski definition) is 15. The molecular weight excluding hydrogens is 1170 g/mol. The van der Waals surface area contributed by atoms with Gasteiger partial charge in [-0.05, 0) is 31.6 Å². The maximum absolute atomic E-state index is 13.0. The van der Waals surface area contributed by atoms with Crippen LogP contribution in [0.25, 0.3) is 0 Å². The third-order valence-corrected chi connectivity index (χ3v) is 18.2. The number of ether oxygens (including phenoxy) is 4. The molecule has 0 rings (SSSR count). The van der Waals surface area contributed by atoms with Crippen molar-refractivity contribution in [3.05, 3.63) is 0 Å². The number of rotatable bonds is 70. The van der Waals surface area contributed by atoms with Crippen LogP contribution in [0.1, 0.15) is 362 Å². The molecular formula is C70H136O17P2. The number of aliphatic hydroxyl groups is 1. The van der Waals surface area contributed by atoms with Crippen LogP contribution in [-0.2, 0) is 65.4 Å². The number of unbranched alkanes of at least 4 members (excludes halogenated alkanes) is 42. The van der Waals surface area contributed by atoms with Crippen LogP contribution >= 0.6 is 15.6 Å². The topological polar surface area (TPSA) is 237 Å². The molecule has 0 aromatic heterocycles. The number of carbonyl (C=O) groups excluding carboxylic acids is 4. The number of esters is 4. The minimum Gasteiger partial charge on any atom is -0.462 e. The molecule has 0 spiro atoms. The number of phosphoric ester groups is 2. The van der Waals surface area contributed by atoms with Crippen LogP contribution in [0, 0.1) is 5.92 Å². The molecule has 19 heteroatoms. The highest BCUT2D eigenvalue weighted by Gasteiger charge is 2.30. The minimum absolute atomic E-state index is 0.107. The monoisotopic (exact) mass is 1310 g/mol. The molecule has 0 saturated carbocycles. The third-order valence-electron chi connectivity index (χ3n) is 16.3. The van der Waals surface area contributed by atoms with Gasteiger partial charge in [0, 0.05) is 25.7 Å². The first-order chi connectivity index (χ1) is 43.0. The van der Waals surface area contributed by atoms with Gasteiger partial charge in [-0.25, -0.2) is 9.13 Å². The average molecular weight is 1310 g/mol. The van der Waals surface area contributed by atoms with Gasteiger partial charge in [0.25, 0.3) is 0 Å². The van der Waals surface area contributed by atoms with E-state index in [0.717, 1.165) is 95.8 Å². The Bertz CT molecular complexity index is 1720. The van der Waals surface area contributed by atoms with Crippen LogP contribution in [0.15, 0.2) is 0 Å². The summed E-state index contributed by atoms with van der Waals surface area (Å²) in [4.78, 5) is 72.4. The molecule has 0 aliphatic carbocycles. The Morgan fingerprint density at radius 1 is 0.303 bits per heavy atom. The fourth-order valence-corrected chi connectivity index (χ4v) is 12.2. The summed E-state index contributed by atoms with van der Waals surface area (Å²) in [5, 5.41) is 10.6. The molecule has 0 aliphatic rings. The zero-order valence-corrected chi connectivity index (χ0v) is 59.4. The number of phosphoric acid groups is 2. The van der Waals surface area contributed by atoms with E-state index in [1.807, 2.05) is 0 Å². The van der Waals surface area contributed by atoms with Gasteiger partial charge in [0.2, 0.25) is 0 Å². The first kappa shape index (κ1) is 87.1. The van der Waals surface area contributed by atoms with E-state index in [0.29, 0.717) is 25.7 Å². The molecule has 0 bridgehead atoms.